The zero-order valence-corrected chi connectivity index (χ0v) is 10.8. The van der Waals surface area contributed by atoms with Crippen LogP contribution in [0.3, 0.4) is 0 Å². The number of rotatable bonds is 6. The molecule has 0 radical (unpaired) electrons. The summed E-state index contributed by atoms with van der Waals surface area (Å²) >= 11 is 0. The first-order chi connectivity index (χ1) is 8.55. The van der Waals surface area contributed by atoms with Gasteiger partial charge in [0, 0.05) is 33.2 Å². The van der Waals surface area contributed by atoms with Crippen LogP contribution < -0.4 is 5.32 Å². The molecule has 1 atom stereocenters. The van der Waals surface area contributed by atoms with Crippen LogP contribution in [0.15, 0.2) is 0 Å². The molecule has 2 N–H and O–H groups in total. The lowest BCUT2D eigenvalue weighted by molar-refractivity contribution is -0.144. The molecule has 1 saturated heterocycles. The lowest BCUT2D eigenvalue weighted by Crippen LogP contribution is -2.58. The number of amides is 2. The molecule has 18 heavy (non-hydrogen) atoms. The van der Waals surface area contributed by atoms with E-state index in [1.54, 1.807) is 7.11 Å². The summed E-state index contributed by atoms with van der Waals surface area (Å²) in [5.74, 6) is -1.06. The van der Waals surface area contributed by atoms with Crippen molar-refractivity contribution in [3.8, 4) is 0 Å². The van der Waals surface area contributed by atoms with E-state index in [9.17, 15) is 14.7 Å². The standard InChI is InChI=1S/C11H20N2O5/c1-3-13(5-7-17-2)10(16)12-11(9(14)15)4-6-18-8-11/h3-8H2,1-2H3,(H,12,16)(H,14,15). The summed E-state index contributed by atoms with van der Waals surface area (Å²) in [7, 11) is 1.55. The number of carboxylic acid groups (broad SMARTS) is 1. The predicted octanol–water partition coefficient (Wildman–Crippen LogP) is -0.0920. The smallest absolute Gasteiger partial charge is 0.332 e. The minimum Gasteiger partial charge on any atom is -0.479 e. The molecule has 0 spiro atoms. The normalized spacial score (nSPS) is 22.8. The maximum Gasteiger partial charge on any atom is 0.332 e. The van der Waals surface area contributed by atoms with Gasteiger partial charge in [-0.05, 0) is 6.92 Å². The molecule has 1 aliphatic rings. The third-order valence-electron chi connectivity index (χ3n) is 3.01. The fourth-order valence-electron chi connectivity index (χ4n) is 1.77. The maximum absolute atomic E-state index is 12.0. The van der Waals surface area contributed by atoms with E-state index in [1.165, 1.54) is 4.90 Å². The van der Waals surface area contributed by atoms with Crippen LogP contribution in [0.4, 0.5) is 4.79 Å². The molecule has 7 nitrogen and oxygen atoms in total. The van der Waals surface area contributed by atoms with Gasteiger partial charge in [0.2, 0.25) is 0 Å². The molecule has 0 bridgehead atoms. The van der Waals surface area contributed by atoms with Crippen molar-refractivity contribution in [2.75, 3.05) is 40.0 Å². The fourth-order valence-corrected chi connectivity index (χ4v) is 1.77. The molecule has 104 valence electrons. The first-order valence-corrected chi connectivity index (χ1v) is 5.93. The topological polar surface area (TPSA) is 88.1 Å². The lowest BCUT2D eigenvalue weighted by atomic mass is 9.99. The highest BCUT2D eigenvalue weighted by Crippen LogP contribution is 2.19. The molecule has 2 amide bonds. The van der Waals surface area contributed by atoms with Crippen LogP contribution in [0.2, 0.25) is 0 Å². The van der Waals surface area contributed by atoms with E-state index in [1.807, 2.05) is 6.92 Å². The molecule has 0 aliphatic carbocycles. The van der Waals surface area contributed by atoms with Gasteiger partial charge in [0.1, 0.15) is 0 Å². The number of carbonyl (C=O) groups is 2. The Bertz CT molecular complexity index is 302. The SMILES string of the molecule is CCN(CCOC)C(=O)NC1(C(=O)O)CCOC1. The number of carboxylic acids is 1. The summed E-state index contributed by atoms with van der Waals surface area (Å²) in [6, 6.07) is -0.401. The zero-order valence-electron chi connectivity index (χ0n) is 10.8. The molecule has 0 aromatic rings. The van der Waals surface area contributed by atoms with Crippen LogP contribution >= 0.6 is 0 Å². The summed E-state index contributed by atoms with van der Waals surface area (Å²) < 4.78 is 9.98. The molecule has 7 heteroatoms. The summed E-state index contributed by atoms with van der Waals surface area (Å²) in [5.41, 5.74) is -1.29. The van der Waals surface area contributed by atoms with E-state index in [4.69, 9.17) is 9.47 Å². The highest BCUT2D eigenvalue weighted by atomic mass is 16.5. The fraction of sp³-hybridized carbons (Fsp3) is 0.818. The highest BCUT2D eigenvalue weighted by Gasteiger charge is 2.44. The molecule has 0 aromatic carbocycles. The molecule has 0 aromatic heterocycles. The van der Waals surface area contributed by atoms with Crippen molar-refractivity contribution in [1.29, 1.82) is 0 Å². The molecule has 0 saturated carbocycles. The van der Waals surface area contributed by atoms with Gasteiger partial charge in [-0.1, -0.05) is 0 Å². The quantitative estimate of drug-likeness (QED) is 0.696. The van der Waals surface area contributed by atoms with Gasteiger partial charge in [0.05, 0.1) is 13.2 Å². The van der Waals surface area contributed by atoms with Gasteiger partial charge in [-0.25, -0.2) is 9.59 Å². The van der Waals surface area contributed by atoms with Gasteiger partial charge in [-0.3, -0.25) is 0 Å². The molecule has 1 rings (SSSR count). The Balaban J connectivity index is 2.62. The first kappa shape index (κ1) is 14.7. The molecule has 1 heterocycles. The summed E-state index contributed by atoms with van der Waals surface area (Å²) in [5, 5.41) is 11.8. The first-order valence-electron chi connectivity index (χ1n) is 5.93. The number of ether oxygens (including phenoxy) is 2. The monoisotopic (exact) mass is 260 g/mol. The van der Waals surface area contributed by atoms with Gasteiger partial charge >= 0.3 is 12.0 Å². The molecular formula is C11H20N2O5. The average molecular weight is 260 g/mol. The third-order valence-corrected chi connectivity index (χ3v) is 3.01. The second-order valence-corrected chi connectivity index (χ2v) is 4.19. The minimum atomic E-state index is -1.29. The van der Waals surface area contributed by atoms with Crippen LogP contribution in [-0.4, -0.2) is 67.6 Å². The Hall–Kier alpha value is -1.34. The second-order valence-electron chi connectivity index (χ2n) is 4.19. The van der Waals surface area contributed by atoms with Crippen LogP contribution in [0.5, 0.6) is 0 Å². The largest absolute Gasteiger partial charge is 0.479 e. The van der Waals surface area contributed by atoms with Gasteiger partial charge in [0.25, 0.3) is 0 Å². The molecule has 1 aliphatic heterocycles. The van der Waals surface area contributed by atoms with E-state index in [0.29, 0.717) is 26.3 Å². The van der Waals surface area contributed by atoms with Crippen molar-refractivity contribution in [1.82, 2.24) is 10.2 Å². The Morgan fingerprint density at radius 1 is 1.56 bits per heavy atom. The number of hydrogen-bond donors (Lipinski definition) is 2. The Morgan fingerprint density at radius 2 is 2.28 bits per heavy atom. The minimum absolute atomic E-state index is 0.00983. The Kier molecular flexibility index (Phi) is 5.36. The van der Waals surface area contributed by atoms with E-state index in [2.05, 4.69) is 5.32 Å². The summed E-state index contributed by atoms with van der Waals surface area (Å²) in [6.07, 6.45) is 0.288. The average Bonchev–Trinajstić information content (AvgIpc) is 2.80. The summed E-state index contributed by atoms with van der Waals surface area (Å²) in [4.78, 5) is 24.7. The number of carbonyl (C=O) groups excluding carboxylic acids is 1. The second kappa shape index (κ2) is 6.55. The molecular weight excluding hydrogens is 240 g/mol. The maximum atomic E-state index is 12.0. The number of nitrogens with one attached hydrogen (secondary N) is 1. The number of nitrogens with zero attached hydrogens (tertiary/aromatic N) is 1. The van der Waals surface area contributed by atoms with E-state index in [0.717, 1.165) is 0 Å². The van der Waals surface area contributed by atoms with E-state index >= 15 is 0 Å². The van der Waals surface area contributed by atoms with Gasteiger partial charge in [-0.15, -0.1) is 0 Å². The van der Waals surface area contributed by atoms with Crippen molar-refractivity contribution in [2.24, 2.45) is 0 Å². The van der Waals surface area contributed by atoms with Crippen molar-refractivity contribution in [3.05, 3.63) is 0 Å². The Labute approximate surface area is 106 Å². The van der Waals surface area contributed by atoms with Crippen LogP contribution in [0.1, 0.15) is 13.3 Å². The predicted molar refractivity (Wildman–Crippen MR) is 63.5 cm³/mol. The van der Waals surface area contributed by atoms with Crippen LogP contribution in [0, 0.1) is 0 Å². The highest BCUT2D eigenvalue weighted by molar-refractivity contribution is 5.86. The van der Waals surface area contributed by atoms with Crippen molar-refractivity contribution in [3.63, 3.8) is 0 Å². The van der Waals surface area contributed by atoms with Crippen molar-refractivity contribution < 1.29 is 24.2 Å². The number of likely N-dealkylation sites (N-methyl/N-ethyl adjacent to an activating group) is 1. The zero-order chi connectivity index (χ0) is 13.6. The molecule has 1 fully saturated rings. The van der Waals surface area contributed by atoms with Gasteiger partial charge < -0.3 is 24.8 Å². The number of hydrogen-bond acceptors (Lipinski definition) is 4. The lowest BCUT2D eigenvalue weighted by Gasteiger charge is -2.28. The van der Waals surface area contributed by atoms with E-state index < -0.39 is 17.5 Å². The third kappa shape index (κ3) is 3.33. The van der Waals surface area contributed by atoms with Crippen molar-refractivity contribution >= 4 is 12.0 Å². The van der Waals surface area contributed by atoms with Gasteiger partial charge in [-0.2, -0.15) is 0 Å². The summed E-state index contributed by atoms with van der Waals surface area (Å²) in [6.45, 7) is 3.51. The van der Waals surface area contributed by atoms with Crippen LogP contribution in [-0.2, 0) is 14.3 Å². The van der Waals surface area contributed by atoms with Crippen LogP contribution in [0.25, 0.3) is 0 Å². The van der Waals surface area contributed by atoms with Crippen molar-refractivity contribution in [2.45, 2.75) is 18.9 Å². The number of urea groups is 1. The van der Waals surface area contributed by atoms with E-state index in [-0.39, 0.29) is 13.0 Å². The van der Waals surface area contributed by atoms with Gasteiger partial charge in [0.15, 0.2) is 5.54 Å². The molecule has 1 unspecified atom stereocenters. The Morgan fingerprint density at radius 3 is 2.72 bits per heavy atom. The number of aliphatic carboxylic acids is 1. The number of methoxy groups -OCH3 is 1.